The van der Waals surface area contributed by atoms with Gasteiger partial charge in [0.05, 0.1) is 29.1 Å². The topological polar surface area (TPSA) is 57.2 Å². The van der Waals surface area contributed by atoms with Gasteiger partial charge in [-0.3, -0.25) is 4.90 Å². The second kappa shape index (κ2) is 7.17. The van der Waals surface area contributed by atoms with Crippen LogP contribution in [0.1, 0.15) is 47.5 Å². The lowest BCUT2D eigenvalue weighted by Gasteiger charge is -2.35. The Morgan fingerprint density at radius 1 is 1.23 bits per heavy atom. The Hall–Kier alpha value is 0.110. The van der Waals surface area contributed by atoms with Gasteiger partial charge in [-0.05, 0) is 47.0 Å². The second-order valence-electron chi connectivity index (χ2n) is 8.74. The third-order valence-electron chi connectivity index (χ3n) is 5.13. The summed E-state index contributed by atoms with van der Waals surface area (Å²) in [4.78, 5) is 14.6. The molecule has 2 heterocycles. The molecule has 150 valence electrons. The largest absolute Gasteiger partial charge is 0.444 e. The van der Waals surface area contributed by atoms with E-state index in [4.69, 9.17) is 18.9 Å². The number of hydrogen-bond acceptors (Lipinski definition) is 5. The van der Waals surface area contributed by atoms with E-state index in [2.05, 4.69) is 31.9 Å². The van der Waals surface area contributed by atoms with Crippen LogP contribution in [0.5, 0.6) is 0 Å². The normalized spacial score (nSPS) is 34.0. The molecule has 0 aromatic carbocycles. The average molecular weight is 499 g/mol. The molecule has 8 heteroatoms. The molecule has 26 heavy (non-hydrogen) atoms. The fourth-order valence-electron chi connectivity index (χ4n) is 3.89. The van der Waals surface area contributed by atoms with Gasteiger partial charge in [0, 0.05) is 12.3 Å². The summed E-state index contributed by atoms with van der Waals surface area (Å²) in [5, 5.41) is 0. The molecule has 2 saturated heterocycles. The van der Waals surface area contributed by atoms with Crippen LogP contribution in [0.2, 0.25) is 0 Å². The van der Waals surface area contributed by atoms with Crippen molar-refractivity contribution in [3.8, 4) is 0 Å². The summed E-state index contributed by atoms with van der Waals surface area (Å²) < 4.78 is 22.8. The van der Waals surface area contributed by atoms with Gasteiger partial charge in [-0.2, -0.15) is 0 Å². The van der Waals surface area contributed by atoms with E-state index in [9.17, 15) is 4.79 Å². The molecule has 0 bridgehead atoms. The quantitative estimate of drug-likeness (QED) is 0.544. The van der Waals surface area contributed by atoms with Crippen LogP contribution in [-0.4, -0.2) is 57.7 Å². The summed E-state index contributed by atoms with van der Waals surface area (Å²) >= 11 is 7.61. The van der Waals surface area contributed by atoms with E-state index >= 15 is 0 Å². The summed E-state index contributed by atoms with van der Waals surface area (Å²) in [6.45, 7) is 11.4. The number of carbonyl (C=O) groups is 1. The van der Waals surface area contributed by atoms with Crippen molar-refractivity contribution in [3.63, 3.8) is 0 Å². The first-order chi connectivity index (χ1) is 11.9. The van der Waals surface area contributed by atoms with Crippen molar-refractivity contribution >= 4 is 38.0 Å². The molecule has 6 nitrogen and oxygen atoms in total. The lowest BCUT2D eigenvalue weighted by atomic mass is 10.1. The molecule has 0 N–H and O–H groups in total. The first-order valence-corrected chi connectivity index (χ1v) is 10.8. The van der Waals surface area contributed by atoms with Gasteiger partial charge in [-0.15, -0.1) is 0 Å². The lowest BCUT2D eigenvalue weighted by molar-refractivity contribution is -0.183. The number of nitrogens with zero attached hydrogens (tertiary/aromatic N) is 1. The fraction of sp³-hybridized carbons (Fsp3) is 0.944. The van der Waals surface area contributed by atoms with Gasteiger partial charge >= 0.3 is 6.09 Å². The fourth-order valence-corrected chi connectivity index (χ4v) is 5.82. The highest BCUT2D eigenvalue weighted by atomic mass is 79.9. The van der Waals surface area contributed by atoms with E-state index in [1.165, 1.54) is 0 Å². The first kappa shape index (κ1) is 20.8. The number of hydrogen-bond donors (Lipinski definition) is 0. The Kier molecular flexibility index (Phi) is 5.75. The van der Waals surface area contributed by atoms with Crippen molar-refractivity contribution in [2.75, 3.05) is 19.8 Å². The maximum absolute atomic E-state index is 12.9. The molecule has 3 atom stereocenters. The Labute approximate surface area is 172 Å². The van der Waals surface area contributed by atoms with Gasteiger partial charge in [-0.25, -0.2) is 4.79 Å². The standard InChI is InChI=1S/C18H29Br2NO5/c1-16(2,3)26-15(22)21-12(10-25-17(21,4)5)14-11(18(14,19)20)9-13-23-7-6-8-24-13/h11-14H,6-10H2,1-5H3/t11-,12-,14+/m1/s1. The van der Waals surface area contributed by atoms with Gasteiger partial charge in [0.15, 0.2) is 6.29 Å². The van der Waals surface area contributed by atoms with Gasteiger partial charge < -0.3 is 18.9 Å². The van der Waals surface area contributed by atoms with Crippen molar-refractivity contribution in [3.05, 3.63) is 0 Å². The third kappa shape index (κ3) is 4.24. The van der Waals surface area contributed by atoms with Gasteiger partial charge in [0.1, 0.15) is 11.3 Å². The highest BCUT2D eigenvalue weighted by molar-refractivity contribution is 9.25. The van der Waals surface area contributed by atoms with E-state index in [0.29, 0.717) is 6.61 Å². The minimum Gasteiger partial charge on any atom is -0.444 e. The average Bonchev–Trinajstić information content (AvgIpc) is 2.86. The number of halogens is 2. The van der Waals surface area contributed by atoms with Crippen LogP contribution in [0.3, 0.4) is 0 Å². The zero-order chi connectivity index (χ0) is 19.3. The number of amides is 1. The number of alkyl halides is 2. The van der Waals surface area contributed by atoms with Crippen molar-refractivity contribution < 1.29 is 23.7 Å². The van der Waals surface area contributed by atoms with E-state index in [1.807, 2.05) is 34.6 Å². The van der Waals surface area contributed by atoms with Gasteiger partial charge in [-0.1, -0.05) is 31.9 Å². The predicted molar refractivity (Wildman–Crippen MR) is 104 cm³/mol. The molecule has 1 amide bonds. The number of rotatable bonds is 3. The van der Waals surface area contributed by atoms with Crippen molar-refractivity contribution in [2.24, 2.45) is 11.8 Å². The molecular formula is C18H29Br2NO5. The van der Waals surface area contributed by atoms with Crippen LogP contribution in [0.4, 0.5) is 4.79 Å². The molecule has 3 fully saturated rings. The summed E-state index contributed by atoms with van der Waals surface area (Å²) in [7, 11) is 0. The minimum absolute atomic E-state index is 0.0767. The molecule has 3 rings (SSSR count). The predicted octanol–water partition coefficient (Wildman–Crippen LogP) is 4.24. The molecule has 0 spiro atoms. The van der Waals surface area contributed by atoms with Crippen LogP contribution in [0.15, 0.2) is 0 Å². The Morgan fingerprint density at radius 2 is 1.85 bits per heavy atom. The zero-order valence-corrected chi connectivity index (χ0v) is 19.3. The maximum atomic E-state index is 12.9. The molecule has 0 aromatic heterocycles. The van der Waals surface area contributed by atoms with Crippen molar-refractivity contribution in [1.29, 1.82) is 0 Å². The number of carbonyl (C=O) groups excluding carboxylic acids is 1. The molecule has 3 aliphatic rings. The highest BCUT2D eigenvalue weighted by Gasteiger charge is 2.69. The molecule has 0 unspecified atom stereocenters. The van der Waals surface area contributed by atoms with Gasteiger partial charge in [0.2, 0.25) is 0 Å². The summed E-state index contributed by atoms with van der Waals surface area (Å²) in [6.07, 6.45) is 1.20. The molecule has 2 aliphatic heterocycles. The Balaban J connectivity index is 1.72. The summed E-state index contributed by atoms with van der Waals surface area (Å²) in [5.41, 5.74) is -1.25. The molecule has 1 saturated carbocycles. The molecule has 0 aromatic rings. The molecule has 0 radical (unpaired) electrons. The van der Waals surface area contributed by atoms with Crippen LogP contribution in [-0.2, 0) is 18.9 Å². The Morgan fingerprint density at radius 3 is 2.42 bits per heavy atom. The smallest absolute Gasteiger partial charge is 0.412 e. The summed E-state index contributed by atoms with van der Waals surface area (Å²) in [5.74, 6) is 0.462. The first-order valence-electron chi connectivity index (χ1n) is 9.21. The van der Waals surface area contributed by atoms with Crippen LogP contribution in [0, 0.1) is 11.8 Å². The highest BCUT2D eigenvalue weighted by Crippen LogP contribution is 2.67. The third-order valence-corrected chi connectivity index (χ3v) is 7.36. The van der Waals surface area contributed by atoms with Crippen LogP contribution in [0.25, 0.3) is 0 Å². The van der Waals surface area contributed by atoms with E-state index in [1.54, 1.807) is 4.90 Å². The second-order valence-corrected chi connectivity index (χ2v) is 12.4. The molecular weight excluding hydrogens is 470 g/mol. The lowest BCUT2D eigenvalue weighted by Crippen LogP contribution is -2.51. The van der Waals surface area contributed by atoms with E-state index < -0.39 is 11.3 Å². The van der Waals surface area contributed by atoms with Crippen LogP contribution < -0.4 is 0 Å². The van der Waals surface area contributed by atoms with E-state index in [-0.39, 0.29) is 33.5 Å². The van der Waals surface area contributed by atoms with Crippen molar-refractivity contribution in [2.45, 2.75) is 74.4 Å². The minimum atomic E-state index is -0.700. The van der Waals surface area contributed by atoms with E-state index in [0.717, 1.165) is 26.1 Å². The van der Waals surface area contributed by atoms with Crippen molar-refractivity contribution in [1.82, 2.24) is 4.90 Å². The number of ether oxygens (including phenoxy) is 4. The molecule has 1 aliphatic carbocycles. The van der Waals surface area contributed by atoms with Gasteiger partial charge in [0.25, 0.3) is 0 Å². The monoisotopic (exact) mass is 497 g/mol. The van der Waals surface area contributed by atoms with Crippen LogP contribution >= 0.6 is 31.9 Å². The zero-order valence-electron chi connectivity index (χ0n) is 16.1. The SMILES string of the molecule is CC(C)(C)OC(=O)N1[C@@H]([C@@H]2[C@@H](CC3OCCCO3)C2(Br)Br)COC1(C)C. The summed E-state index contributed by atoms with van der Waals surface area (Å²) in [6, 6.07) is -0.0767. The Bertz CT molecular complexity index is 542. The maximum Gasteiger partial charge on any atom is 0.412 e.